The maximum atomic E-state index is 12.0. The van der Waals surface area contributed by atoms with Gasteiger partial charge in [-0.2, -0.15) is 0 Å². The zero-order valence-corrected chi connectivity index (χ0v) is 13.9. The van der Waals surface area contributed by atoms with Gasteiger partial charge in [-0.3, -0.25) is 4.79 Å². The third kappa shape index (κ3) is 4.55. The molecule has 130 valence electrons. The summed E-state index contributed by atoms with van der Waals surface area (Å²) in [5, 5.41) is 2.80. The zero-order valence-electron chi connectivity index (χ0n) is 13.9. The third-order valence-corrected chi connectivity index (χ3v) is 4.06. The van der Waals surface area contributed by atoms with Crippen molar-refractivity contribution in [2.24, 2.45) is 11.8 Å². The Morgan fingerprint density at radius 1 is 1.26 bits per heavy atom. The number of amides is 2. The van der Waals surface area contributed by atoms with Crippen LogP contribution in [0.25, 0.3) is 0 Å². The highest BCUT2D eigenvalue weighted by atomic mass is 16.6. The van der Waals surface area contributed by atoms with Crippen LogP contribution in [0.1, 0.15) is 40.0 Å². The second-order valence-corrected chi connectivity index (χ2v) is 7.59. The van der Waals surface area contributed by atoms with Gasteiger partial charge < -0.3 is 19.7 Å². The Kier molecular flexibility index (Phi) is 4.48. The zero-order chi connectivity index (χ0) is 16.6. The Morgan fingerprint density at radius 3 is 2.57 bits per heavy atom. The normalized spacial score (nSPS) is 28.4. The number of likely N-dealkylation sites (tertiary alicyclic amines) is 1. The van der Waals surface area contributed by atoms with Crippen LogP contribution in [-0.4, -0.2) is 48.2 Å². The number of carbonyl (C=O) groups is 2. The molecule has 3 rings (SSSR count). The van der Waals surface area contributed by atoms with Gasteiger partial charge >= 0.3 is 6.09 Å². The Balaban J connectivity index is 1.32. The third-order valence-electron chi connectivity index (χ3n) is 4.06. The van der Waals surface area contributed by atoms with Crippen LogP contribution in [-0.2, 0) is 14.3 Å². The summed E-state index contributed by atoms with van der Waals surface area (Å²) in [7, 11) is 0. The predicted molar refractivity (Wildman–Crippen MR) is 81.7 cm³/mol. The van der Waals surface area contributed by atoms with E-state index in [-0.39, 0.29) is 24.1 Å². The quantitative estimate of drug-likeness (QED) is 0.697. The molecule has 0 bridgehead atoms. The molecule has 2 amide bonds. The minimum atomic E-state index is -0.490. The summed E-state index contributed by atoms with van der Waals surface area (Å²) in [4.78, 5) is 25.5. The summed E-state index contributed by atoms with van der Waals surface area (Å²) in [6.07, 6.45) is 1.92. The highest BCUT2D eigenvalue weighted by molar-refractivity contribution is 5.77. The number of nitrogens with zero attached hydrogens (tertiary/aromatic N) is 1. The number of carbonyl (C=O) groups excluding carboxylic acids is 2. The average Bonchev–Trinajstić information content (AvgIpc) is 3.12. The molecule has 1 saturated carbocycles. The van der Waals surface area contributed by atoms with Gasteiger partial charge in [-0.15, -0.1) is 0 Å². The first kappa shape index (κ1) is 16.5. The molecule has 2 heterocycles. The summed E-state index contributed by atoms with van der Waals surface area (Å²) in [6, 6.07) is 0. The molecule has 2 unspecified atom stereocenters. The second kappa shape index (κ2) is 6.26. The molecule has 3 fully saturated rings. The second-order valence-electron chi connectivity index (χ2n) is 7.59. The van der Waals surface area contributed by atoms with E-state index in [4.69, 9.17) is 9.47 Å². The molecule has 2 atom stereocenters. The molecule has 0 aromatic rings. The fourth-order valence-corrected chi connectivity index (χ4v) is 2.71. The highest BCUT2D eigenvalue weighted by Crippen LogP contribution is 2.34. The number of hydrogen-bond donors (Lipinski definition) is 3. The Morgan fingerprint density at radius 2 is 1.96 bits per heavy atom. The van der Waals surface area contributed by atoms with Crippen LogP contribution in [0.3, 0.4) is 0 Å². The maximum Gasteiger partial charge on any atom is 0.410 e. The molecule has 2 saturated heterocycles. The topological polar surface area (TPSA) is 91.9 Å². The minimum absolute atomic E-state index is 0.00772. The van der Waals surface area contributed by atoms with Gasteiger partial charge in [0.05, 0.1) is 0 Å². The maximum absolute atomic E-state index is 12.0. The van der Waals surface area contributed by atoms with Crippen molar-refractivity contribution in [1.29, 1.82) is 0 Å². The van der Waals surface area contributed by atoms with Crippen molar-refractivity contribution < 1.29 is 19.1 Å². The smallest absolute Gasteiger partial charge is 0.410 e. The molecule has 1 aliphatic carbocycles. The van der Waals surface area contributed by atoms with E-state index in [9.17, 15) is 9.59 Å². The fourth-order valence-electron chi connectivity index (χ4n) is 2.71. The molecule has 0 aromatic carbocycles. The molecule has 0 spiro atoms. The van der Waals surface area contributed by atoms with Crippen molar-refractivity contribution >= 4 is 12.0 Å². The van der Waals surface area contributed by atoms with Crippen molar-refractivity contribution in [3.05, 3.63) is 0 Å². The lowest BCUT2D eigenvalue weighted by Crippen LogP contribution is -2.53. The molecule has 3 aliphatic rings. The standard InChI is InChI=1S/C15H26N4O4/c1-15(2,3)23-14(21)19-7-9(8-19)6-11(20)16-13-18-17-12(22-13)10-4-5-10/h9-10,12-13,17-18H,4-8H2,1-3H3,(H,16,20). The molecule has 0 radical (unpaired) electrons. The van der Waals surface area contributed by atoms with Crippen molar-refractivity contribution in [1.82, 2.24) is 21.1 Å². The van der Waals surface area contributed by atoms with Gasteiger partial charge in [0, 0.05) is 25.4 Å². The number of ether oxygens (including phenoxy) is 2. The first-order valence-electron chi connectivity index (χ1n) is 8.24. The number of rotatable bonds is 4. The van der Waals surface area contributed by atoms with Crippen LogP contribution < -0.4 is 16.2 Å². The van der Waals surface area contributed by atoms with Crippen molar-refractivity contribution in [3.63, 3.8) is 0 Å². The van der Waals surface area contributed by atoms with Crippen LogP contribution in [0.4, 0.5) is 4.79 Å². The SMILES string of the molecule is CC(C)(C)OC(=O)N1CC(CC(=O)NC2NNC(C3CC3)O2)C1. The fraction of sp³-hybridized carbons (Fsp3) is 0.867. The highest BCUT2D eigenvalue weighted by Gasteiger charge is 2.39. The summed E-state index contributed by atoms with van der Waals surface area (Å²) >= 11 is 0. The van der Waals surface area contributed by atoms with Gasteiger partial charge in [0.15, 0.2) is 0 Å². The van der Waals surface area contributed by atoms with E-state index < -0.39 is 12.0 Å². The Labute approximate surface area is 136 Å². The van der Waals surface area contributed by atoms with Gasteiger partial charge in [0.2, 0.25) is 12.3 Å². The van der Waals surface area contributed by atoms with E-state index in [0.717, 1.165) is 0 Å². The molecule has 0 aromatic heterocycles. The van der Waals surface area contributed by atoms with Gasteiger partial charge in [-0.1, -0.05) is 0 Å². The lowest BCUT2D eigenvalue weighted by Gasteiger charge is -2.39. The van der Waals surface area contributed by atoms with E-state index in [1.54, 1.807) is 4.90 Å². The Hall–Kier alpha value is -1.38. The molecular weight excluding hydrogens is 300 g/mol. The van der Waals surface area contributed by atoms with E-state index in [1.165, 1.54) is 12.8 Å². The van der Waals surface area contributed by atoms with Gasteiger partial charge in [0.1, 0.15) is 11.8 Å². The van der Waals surface area contributed by atoms with E-state index >= 15 is 0 Å². The largest absolute Gasteiger partial charge is 0.444 e. The summed E-state index contributed by atoms with van der Waals surface area (Å²) in [6.45, 7) is 6.64. The van der Waals surface area contributed by atoms with E-state index in [0.29, 0.717) is 25.4 Å². The lowest BCUT2D eigenvalue weighted by atomic mass is 9.96. The molecule has 8 heteroatoms. The minimum Gasteiger partial charge on any atom is -0.444 e. The van der Waals surface area contributed by atoms with Crippen LogP contribution in [0.5, 0.6) is 0 Å². The molecule has 3 N–H and O–H groups in total. The van der Waals surface area contributed by atoms with Gasteiger partial charge in [0.25, 0.3) is 0 Å². The molecular formula is C15H26N4O4. The van der Waals surface area contributed by atoms with Crippen LogP contribution in [0.15, 0.2) is 0 Å². The first-order chi connectivity index (χ1) is 10.8. The van der Waals surface area contributed by atoms with Gasteiger partial charge in [-0.25, -0.2) is 15.6 Å². The van der Waals surface area contributed by atoms with Crippen LogP contribution in [0, 0.1) is 11.8 Å². The number of hydrogen-bond acceptors (Lipinski definition) is 6. The number of nitrogens with one attached hydrogen (secondary N) is 3. The molecule has 2 aliphatic heterocycles. The van der Waals surface area contributed by atoms with Crippen molar-refractivity contribution in [3.8, 4) is 0 Å². The predicted octanol–water partition coefficient (Wildman–Crippen LogP) is 0.504. The first-order valence-corrected chi connectivity index (χ1v) is 8.24. The lowest BCUT2D eigenvalue weighted by molar-refractivity contribution is -0.128. The van der Waals surface area contributed by atoms with E-state index in [1.807, 2.05) is 20.8 Å². The van der Waals surface area contributed by atoms with Crippen molar-refractivity contribution in [2.75, 3.05) is 13.1 Å². The van der Waals surface area contributed by atoms with Crippen LogP contribution in [0.2, 0.25) is 0 Å². The summed E-state index contributed by atoms with van der Waals surface area (Å²) in [5.74, 6) is 0.657. The van der Waals surface area contributed by atoms with Gasteiger partial charge in [-0.05, 0) is 39.5 Å². The van der Waals surface area contributed by atoms with Crippen molar-refractivity contribution in [2.45, 2.75) is 58.2 Å². The van der Waals surface area contributed by atoms with E-state index in [2.05, 4.69) is 16.2 Å². The average molecular weight is 326 g/mol. The monoisotopic (exact) mass is 326 g/mol. The van der Waals surface area contributed by atoms with Crippen LogP contribution >= 0.6 is 0 Å². The number of hydrazine groups is 1. The Bertz CT molecular complexity index is 469. The molecule has 8 nitrogen and oxygen atoms in total. The molecule has 23 heavy (non-hydrogen) atoms. The summed E-state index contributed by atoms with van der Waals surface area (Å²) < 4.78 is 11.0. The summed E-state index contributed by atoms with van der Waals surface area (Å²) in [5.41, 5.74) is 5.48.